The second-order valence-electron chi connectivity index (χ2n) is 6.57. The molecular formula is C18H19ClF3N5O2. The largest absolute Gasteiger partial charge is 0.435 e. The van der Waals surface area contributed by atoms with Crippen LogP contribution >= 0.6 is 11.8 Å². The summed E-state index contributed by atoms with van der Waals surface area (Å²) in [5.74, 6) is -1.35. The minimum atomic E-state index is -4.78. The van der Waals surface area contributed by atoms with Crippen molar-refractivity contribution in [3.8, 4) is 5.69 Å². The molecule has 11 heteroatoms. The van der Waals surface area contributed by atoms with E-state index < -0.39 is 23.3 Å². The van der Waals surface area contributed by atoms with Crippen LogP contribution in [0.1, 0.15) is 22.5 Å². The van der Waals surface area contributed by atoms with Gasteiger partial charge in [-0.25, -0.2) is 9.10 Å². The Labute approximate surface area is 169 Å². The molecule has 0 radical (unpaired) electrons. The summed E-state index contributed by atoms with van der Waals surface area (Å²) < 4.78 is 42.5. The van der Waals surface area contributed by atoms with Crippen LogP contribution in [0.4, 0.5) is 13.2 Å². The van der Waals surface area contributed by atoms with Crippen molar-refractivity contribution in [1.82, 2.24) is 24.8 Å². The number of nitrogens with one attached hydrogen (secondary N) is 2. The zero-order chi connectivity index (χ0) is 21.0. The third-order valence-electron chi connectivity index (χ3n) is 4.47. The van der Waals surface area contributed by atoms with Crippen molar-refractivity contribution in [2.45, 2.75) is 12.6 Å². The van der Waals surface area contributed by atoms with E-state index in [0.29, 0.717) is 25.2 Å². The van der Waals surface area contributed by atoms with Crippen LogP contribution in [-0.2, 0) is 11.0 Å². The van der Waals surface area contributed by atoms with Gasteiger partial charge in [-0.2, -0.15) is 18.3 Å². The van der Waals surface area contributed by atoms with Crippen LogP contribution in [0.5, 0.6) is 0 Å². The van der Waals surface area contributed by atoms with Gasteiger partial charge in [0.1, 0.15) is 0 Å². The number of halogens is 4. The molecule has 1 saturated heterocycles. The van der Waals surface area contributed by atoms with Gasteiger partial charge < -0.3 is 10.6 Å². The van der Waals surface area contributed by atoms with Crippen molar-refractivity contribution >= 4 is 23.6 Å². The van der Waals surface area contributed by atoms with E-state index in [9.17, 15) is 22.8 Å². The summed E-state index contributed by atoms with van der Waals surface area (Å²) in [4.78, 5) is 24.3. The Hall–Kier alpha value is -2.59. The fourth-order valence-corrected chi connectivity index (χ4v) is 3.26. The van der Waals surface area contributed by atoms with Gasteiger partial charge >= 0.3 is 6.18 Å². The standard InChI is InChI=1S/C18H19ClF3N5O2/c19-26-9-6-12(10-26)16(28)23-7-8-24-17(29)14-11-27(13-4-2-1-3-5-13)25-15(14)18(20,21)22/h1-5,11-12H,6-10H2,(H,23,28)(H,24,29). The van der Waals surface area contributed by atoms with E-state index in [4.69, 9.17) is 11.8 Å². The zero-order valence-electron chi connectivity index (χ0n) is 15.2. The average molecular weight is 430 g/mol. The Morgan fingerprint density at radius 2 is 1.86 bits per heavy atom. The zero-order valence-corrected chi connectivity index (χ0v) is 16.0. The molecule has 2 amide bonds. The lowest BCUT2D eigenvalue weighted by molar-refractivity contribution is -0.141. The molecule has 1 fully saturated rings. The number of para-hydroxylation sites is 1. The van der Waals surface area contributed by atoms with Crippen molar-refractivity contribution in [1.29, 1.82) is 0 Å². The van der Waals surface area contributed by atoms with Crippen LogP contribution in [0.15, 0.2) is 36.5 Å². The first-order valence-corrected chi connectivity index (χ1v) is 9.28. The van der Waals surface area contributed by atoms with Crippen LogP contribution in [0.25, 0.3) is 5.69 Å². The Balaban J connectivity index is 1.61. The van der Waals surface area contributed by atoms with Crippen LogP contribution in [0, 0.1) is 5.92 Å². The number of rotatable bonds is 6. The molecular weight excluding hydrogens is 411 g/mol. The molecule has 2 N–H and O–H groups in total. The summed E-state index contributed by atoms with van der Waals surface area (Å²) >= 11 is 5.82. The first-order chi connectivity index (χ1) is 13.8. The van der Waals surface area contributed by atoms with E-state index in [1.165, 1.54) is 4.42 Å². The summed E-state index contributed by atoms with van der Waals surface area (Å²) in [6, 6.07) is 8.18. The summed E-state index contributed by atoms with van der Waals surface area (Å²) in [5, 5.41) is 8.57. The first kappa shape index (κ1) is 21.1. The molecule has 7 nitrogen and oxygen atoms in total. The van der Waals surface area contributed by atoms with Gasteiger partial charge in [-0.3, -0.25) is 9.59 Å². The lowest BCUT2D eigenvalue weighted by Gasteiger charge is -2.11. The number of hydrogen-bond acceptors (Lipinski definition) is 4. The number of carbonyl (C=O) groups is 2. The van der Waals surface area contributed by atoms with Crippen molar-refractivity contribution < 1.29 is 22.8 Å². The molecule has 3 rings (SSSR count). The highest BCUT2D eigenvalue weighted by molar-refractivity contribution is 6.13. The van der Waals surface area contributed by atoms with E-state index in [1.54, 1.807) is 30.3 Å². The quantitative estimate of drug-likeness (QED) is 0.545. The predicted molar refractivity (Wildman–Crippen MR) is 99.4 cm³/mol. The lowest BCUT2D eigenvalue weighted by atomic mass is 10.1. The molecule has 1 aliphatic rings. The minimum Gasteiger partial charge on any atom is -0.354 e. The van der Waals surface area contributed by atoms with E-state index >= 15 is 0 Å². The van der Waals surface area contributed by atoms with E-state index in [1.807, 2.05) is 0 Å². The van der Waals surface area contributed by atoms with Crippen molar-refractivity contribution in [2.75, 3.05) is 26.2 Å². The highest BCUT2D eigenvalue weighted by atomic mass is 35.5. The molecule has 0 spiro atoms. The second kappa shape index (κ2) is 8.83. The molecule has 1 aromatic carbocycles. The molecule has 1 aromatic heterocycles. The van der Waals surface area contributed by atoms with Gasteiger partial charge in [-0.1, -0.05) is 18.2 Å². The van der Waals surface area contributed by atoms with Crippen LogP contribution in [-0.4, -0.2) is 52.2 Å². The maximum absolute atomic E-state index is 13.3. The Morgan fingerprint density at radius 1 is 1.17 bits per heavy atom. The summed E-state index contributed by atoms with van der Waals surface area (Å²) in [5.41, 5.74) is -1.45. The second-order valence-corrected chi connectivity index (χ2v) is 7.05. The van der Waals surface area contributed by atoms with E-state index in [2.05, 4.69) is 15.7 Å². The lowest BCUT2D eigenvalue weighted by Crippen LogP contribution is -2.38. The fourth-order valence-electron chi connectivity index (χ4n) is 3.00. The van der Waals surface area contributed by atoms with Gasteiger partial charge in [-0.05, 0) is 30.3 Å². The average Bonchev–Trinajstić information content (AvgIpc) is 3.32. The number of amides is 2. The van der Waals surface area contributed by atoms with Crippen LogP contribution < -0.4 is 10.6 Å². The van der Waals surface area contributed by atoms with Gasteiger partial charge in [0, 0.05) is 32.4 Å². The monoisotopic (exact) mass is 429 g/mol. The Kier molecular flexibility index (Phi) is 6.43. The number of alkyl halides is 3. The van der Waals surface area contributed by atoms with Crippen molar-refractivity contribution in [3.05, 3.63) is 47.8 Å². The Bertz CT molecular complexity index is 872. The highest BCUT2D eigenvalue weighted by Crippen LogP contribution is 2.31. The minimum absolute atomic E-state index is 0.0182. The highest BCUT2D eigenvalue weighted by Gasteiger charge is 2.39. The van der Waals surface area contributed by atoms with E-state index in [0.717, 1.165) is 10.9 Å². The number of nitrogens with zero attached hydrogens (tertiary/aromatic N) is 3. The number of aromatic nitrogens is 2. The van der Waals surface area contributed by atoms with Gasteiger partial charge in [-0.15, -0.1) is 0 Å². The van der Waals surface area contributed by atoms with E-state index in [-0.39, 0.29) is 24.9 Å². The molecule has 2 heterocycles. The van der Waals surface area contributed by atoms with Crippen molar-refractivity contribution in [2.24, 2.45) is 5.92 Å². The van der Waals surface area contributed by atoms with Gasteiger partial charge in [0.2, 0.25) is 5.91 Å². The predicted octanol–water partition coefficient (Wildman–Crippen LogP) is 2.21. The van der Waals surface area contributed by atoms with Crippen molar-refractivity contribution in [3.63, 3.8) is 0 Å². The fraction of sp³-hybridized carbons (Fsp3) is 0.389. The molecule has 156 valence electrons. The summed E-state index contributed by atoms with van der Waals surface area (Å²) in [7, 11) is 0. The summed E-state index contributed by atoms with van der Waals surface area (Å²) in [6.07, 6.45) is -3.11. The molecule has 29 heavy (non-hydrogen) atoms. The Morgan fingerprint density at radius 3 is 2.48 bits per heavy atom. The van der Waals surface area contributed by atoms with Crippen LogP contribution in [0.2, 0.25) is 0 Å². The van der Waals surface area contributed by atoms with Gasteiger partial charge in [0.15, 0.2) is 5.69 Å². The molecule has 2 aromatic rings. The SMILES string of the molecule is O=C(NCCNC(=O)C1CCN(Cl)C1)c1cn(-c2ccccc2)nc1C(F)(F)F. The number of hydrogen-bond donors (Lipinski definition) is 2. The third-order valence-corrected chi connectivity index (χ3v) is 4.77. The normalized spacial score (nSPS) is 17.3. The maximum Gasteiger partial charge on any atom is 0.435 e. The number of benzene rings is 1. The molecule has 0 saturated carbocycles. The number of carbonyl (C=O) groups excluding carboxylic acids is 2. The molecule has 0 aliphatic carbocycles. The molecule has 1 atom stereocenters. The molecule has 1 aliphatic heterocycles. The first-order valence-electron chi connectivity index (χ1n) is 8.94. The van der Waals surface area contributed by atoms with Gasteiger partial charge in [0.25, 0.3) is 5.91 Å². The maximum atomic E-state index is 13.3. The smallest absolute Gasteiger partial charge is 0.354 e. The molecule has 1 unspecified atom stereocenters. The summed E-state index contributed by atoms with van der Waals surface area (Å²) in [6.45, 7) is 1.13. The molecule has 0 bridgehead atoms. The topological polar surface area (TPSA) is 79.3 Å². The third kappa shape index (κ3) is 5.27. The van der Waals surface area contributed by atoms with Gasteiger partial charge in [0.05, 0.1) is 17.2 Å². The van der Waals surface area contributed by atoms with Crippen LogP contribution in [0.3, 0.4) is 0 Å².